The number of unbranched alkanes of at least 4 members (excludes halogenated alkanes) is 1. The normalized spacial score (nSPS) is 14.2. The lowest BCUT2D eigenvalue weighted by Crippen LogP contribution is -2.37. The Hall–Kier alpha value is -3.31. The molecule has 0 aromatic carbocycles. The van der Waals surface area contributed by atoms with Crippen molar-refractivity contribution in [2.45, 2.75) is 25.8 Å². The van der Waals surface area contributed by atoms with Gasteiger partial charge in [0, 0.05) is 37.8 Å². The topological polar surface area (TPSA) is 144 Å². The van der Waals surface area contributed by atoms with E-state index >= 15 is 0 Å². The Bertz CT molecular complexity index is 1010. The number of nitrogen functional groups attached to an aromatic ring is 1. The monoisotopic (exact) mass is 412 g/mol. The first-order chi connectivity index (χ1) is 14.7. The molecule has 11 nitrogen and oxygen atoms in total. The largest absolute Gasteiger partial charge is 0.384 e. The highest BCUT2D eigenvalue weighted by Crippen LogP contribution is 2.27. The predicted octanol–water partition coefficient (Wildman–Crippen LogP) is 0.983. The van der Waals surface area contributed by atoms with Gasteiger partial charge >= 0.3 is 0 Å². The first-order valence-corrected chi connectivity index (χ1v) is 9.86. The SMILES string of the molecule is Nc1ccc(-c2nc(N3CCOCC3)c3ncn(CCCCC(=O)NO)c3n2)cn1. The quantitative estimate of drug-likeness (QED) is 0.294. The van der Waals surface area contributed by atoms with E-state index in [2.05, 4.69) is 14.9 Å². The second-order valence-corrected chi connectivity index (χ2v) is 7.04. The van der Waals surface area contributed by atoms with Gasteiger partial charge in [0.1, 0.15) is 5.82 Å². The lowest BCUT2D eigenvalue weighted by molar-refractivity contribution is -0.129. The van der Waals surface area contributed by atoms with Gasteiger partial charge in [0.25, 0.3) is 0 Å². The van der Waals surface area contributed by atoms with E-state index < -0.39 is 0 Å². The minimum absolute atomic E-state index is 0.263. The highest BCUT2D eigenvalue weighted by atomic mass is 16.5. The van der Waals surface area contributed by atoms with Crippen LogP contribution >= 0.6 is 0 Å². The standard InChI is InChI=1S/C19H24N8O3/c20-14-5-4-13(11-21-14)17-23-18(26-7-9-30-10-8-26)16-19(24-17)27(12-22-16)6-2-1-3-15(28)25-29/h4-5,11-12,29H,1-3,6-10H2,(H2,20,21)(H,25,28). The second-order valence-electron chi connectivity index (χ2n) is 7.04. The van der Waals surface area contributed by atoms with Gasteiger partial charge < -0.3 is 19.9 Å². The Morgan fingerprint density at radius 3 is 2.77 bits per heavy atom. The van der Waals surface area contributed by atoms with Crippen LogP contribution in [0.1, 0.15) is 19.3 Å². The average molecular weight is 412 g/mol. The van der Waals surface area contributed by atoms with Crippen molar-refractivity contribution in [3.8, 4) is 11.4 Å². The molecule has 0 atom stereocenters. The van der Waals surface area contributed by atoms with Crippen LogP contribution in [0.2, 0.25) is 0 Å². The maximum Gasteiger partial charge on any atom is 0.243 e. The summed E-state index contributed by atoms with van der Waals surface area (Å²) >= 11 is 0. The fraction of sp³-hybridized carbons (Fsp3) is 0.421. The second kappa shape index (κ2) is 9.01. The van der Waals surface area contributed by atoms with Crippen molar-refractivity contribution in [3.63, 3.8) is 0 Å². The van der Waals surface area contributed by atoms with Crippen molar-refractivity contribution in [1.29, 1.82) is 0 Å². The first kappa shape index (κ1) is 20.0. The zero-order valence-electron chi connectivity index (χ0n) is 16.5. The summed E-state index contributed by atoms with van der Waals surface area (Å²) in [7, 11) is 0. The molecular formula is C19H24N8O3. The van der Waals surface area contributed by atoms with Gasteiger partial charge in [-0.15, -0.1) is 0 Å². The summed E-state index contributed by atoms with van der Waals surface area (Å²) in [6.45, 7) is 3.38. The molecule has 0 bridgehead atoms. The van der Waals surface area contributed by atoms with Crippen molar-refractivity contribution < 1.29 is 14.7 Å². The van der Waals surface area contributed by atoms with Gasteiger partial charge in [-0.25, -0.2) is 25.4 Å². The number of amides is 1. The van der Waals surface area contributed by atoms with E-state index in [0.717, 1.165) is 42.1 Å². The molecule has 30 heavy (non-hydrogen) atoms. The third-order valence-electron chi connectivity index (χ3n) is 4.98. The van der Waals surface area contributed by atoms with Crippen molar-refractivity contribution in [3.05, 3.63) is 24.7 Å². The molecule has 3 aromatic heterocycles. The van der Waals surface area contributed by atoms with Crippen LogP contribution in [0.25, 0.3) is 22.6 Å². The molecule has 0 saturated carbocycles. The molecule has 0 radical (unpaired) electrons. The fourth-order valence-corrected chi connectivity index (χ4v) is 3.38. The number of anilines is 2. The van der Waals surface area contributed by atoms with E-state index in [1.54, 1.807) is 24.1 Å². The van der Waals surface area contributed by atoms with Gasteiger partial charge in [-0.1, -0.05) is 0 Å². The Balaban J connectivity index is 1.67. The molecule has 158 valence electrons. The van der Waals surface area contributed by atoms with Gasteiger partial charge in [-0.2, -0.15) is 0 Å². The molecule has 1 aliphatic rings. The molecule has 1 saturated heterocycles. The number of pyridine rings is 1. The number of hydroxylamine groups is 1. The molecule has 1 fully saturated rings. The Labute approximate surface area is 172 Å². The van der Waals surface area contributed by atoms with Crippen molar-refractivity contribution in [1.82, 2.24) is 30.0 Å². The Morgan fingerprint density at radius 1 is 1.20 bits per heavy atom. The summed E-state index contributed by atoms with van der Waals surface area (Å²) in [6, 6.07) is 3.57. The predicted molar refractivity (Wildman–Crippen MR) is 110 cm³/mol. The van der Waals surface area contributed by atoms with Crippen LogP contribution in [0.15, 0.2) is 24.7 Å². The van der Waals surface area contributed by atoms with E-state index in [1.807, 2.05) is 10.6 Å². The number of aromatic nitrogens is 5. The molecular weight excluding hydrogens is 388 g/mol. The summed E-state index contributed by atoms with van der Waals surface area (Å²) in [6.07, 6.45) is 5.06. The molecule has 0 spiro atoms. The maximum absolute atomic E-state index is 11.2. The summed E-state index contributed by atoms with van der Waals surface area (Å²) in [5, 5.41) is 8.61. The van der Waals surface area contributed by atoms with Crippen LogP contribution in [-0.4, -0.2) is 61.9 Å². The van der Waals surface area contributed by atoms with Crippen molar-refractivity contribution in [2.75, 3.05) is 36.9 Å². The molecule has 1 amide bonds. The van der Waals surface area contributed by atoms with Crippen LogP contribution in [0.4, 0.5) is 11.6 Å². The number of carbonyl (C=O) groups is 1. The molecule has 4 N–H and O–H groups in total. The molecule has 0 unspecified atom stereocenters. The number of fused-ring (bicyclic) bond motifs is 1. The van der Waals surface area contributed by atoms with Crippen LogP contribution in [0, 0.1) is 0 Å². The van der Waals surface area contributed by atoms with Crippen LogP contribution in [0.5, 0.6) is 0 Å². The van der Waals surface area contributed by atoms with Gasteiger partial charge in [0.2, 0.25) is 5.91 Å². The smallest absolute Gasteiger partial charge is 0.243 e. The number of aryl methyl sites for hydroxylation is 1. The van der Waals surface area contributed by atoms with Gasteiger partial charge in [0.15, 0.2) is 22.8 Å². The van der Waals surface area contributed by atoms with Crippen LogP contribution in [0.3, 0.4) is 0 Å². The highest BCUT2D eigenvalue weighted by Gasteiger charge is 2.21. The first-order valence-electron chi connectivity index (χ1n) is 9.86. The molecule has 11 heteroatoms. The van der Waals surface area contributed by atoms with Gasteiger partial charge in [-0.05, 0) is 25.0 Å². The lowest BCUT2D eigenvalue weighted by Gasteiger charge is -2.28. The number of hydrogen-bond donors (Lipinski definition) is 3. The van der Waals surface area contributed by atoms with Gasteiger partial charge in [0.05, 0.1) is 19.5 Å². The van der Waals surface area contributed by atoms with Crippen LogP contribution < -0.4 is 16.1 Å². The third kappa shape index (κ3) is 4.31. The minimum Gasteiger partial charge on any atom is -0.384 e. The molecule has 1 aliphatic heterocycles. The molecule has 4 heterocycles. The maximum atomic E-state index is 11.2. The molecule has 3 aromatic rings. The summed E-state index contributed by atoms with van der Waals surface area (Å²) < 4.78 is 7.44. The van der Waals surface area contributed by atoms with E-state index in [-0.39, 0.29) is 12.3 Å². The number of carbonyl (C=O) groups excluding carboxylic acids is 1. The Kier molecular flexibility index (Phi) is 6.00. The molecule has 0 aliphatic carbocycles. The van der Waals surface area contributed by atoms with E-state index in [1.165, 1.54) is 0 Å². The number of morpholine rings is 1. The van der Waals surface area contributed by atoms with E-state index in [4.69, 9.17) is 25.6 Å². The highest BCUT2D eigenvalue weighted by molar-refractivity contribution is 5.85. The number of nitrogens with two attached hydrogens (primary N) is 1. The zero-order valence-corrected chi connectivity index (χ0v) is 16.5. The number of hydrogen-bond acceptors (Lipinski definition) is 9. The van der Waals surface area contributed by atoms with Gasteiger partial charge in [-0.3, -0.25) is 10.0 Å². The van der Waals surface area contributed by atoms with E-state index in [0.29, 0.717) is 37.8 Å². The number of rotatable bonds is 7. The summed E-state index contributed by atoms with van der Waals surface area (Å²) in [4.78, 5) is 31.6. The average Bonchev–Trinajstić information content (AvgIpc) is 3.20. The Morgan fingerprint density at radius 2 is 2.03 bits per heavy atom. The summed E-state index contributed by atoms with van der Waals surface area (Å²) in [5.74, 6) is 1.37. The fourth-order valence-electron chi connectivity index (χ4n) is 3.38. The third-order valence-corrected chi connectivity index (χ3v) is 4.98. The molecule has 4 rings (SSSR count). The van der Waals surface area contributed by atoms with Crippen molar-refractivity contribution >= 4 is 28.7 Å². The van der Waals surface area contributed by atoms with E-state index in [9.17, 15) is 4.79 Å². The number of nitrogens with zero attached hydrogens (tertiary/aromatic N) is 6. The van der Waals surface area contributed by atoms with Crippen molar-refractivity contribution in [2.24, 2.45) is 0 Å². The lowest BCUT2D eigenvalue weighted by atomic mass is 10.2. The number of nitrogens with one attached hydrogen (secondary N) is 1. The minimum atomic E-state index is -0.388. The summed E-state index contributed by atoms with van der Waals surface area (Å²) in [5.41, 5.74) is 9.60. The number of imidazole rings is 1. The van der Waals surface area contributed by atoms with Crippen LogP contribution in [-0.2, 0) is 16.1 Å². The number of ether oxygens (including phenoxy) is 1. The zero-order chi connectivity index (χ0) is 20.9.